The second kappa shape index (κ2) is 6.24. The summed E-state index contributed by atoms with van der Waals surface area (Å²) in [7, 11) is 0. The Bertz CT molecular complexity index is 671. The van der Waals surface area contributed by atoms with E-state index in [1.807, 2.05) is 39.0 Å². The van der Waals surface area contributed by atoms with Crippen LogP contribution in [0.15, 0.2) is 24.3 Å². The number of para-hydroxylation sites is 1. The van der Waals surface area contributed by atoms with Crippen LogP contribution in [0.1, 0.15) is 45.6 Å². The molecule has 0 aliphatic carbocycles. The number of nitrogens with zero attached hydrogens (tertiary/aromatic N) is 1. The van der Waals surface area contributed by atoms with Crippen LogP contribution in [0.2, 0.25) is 0 Å². The highest BCUT2D eigenvalue weighted by Gasteiger charge is 2.45. The van der Waals surface area contributed by atoms with Gasteiger partial charge in [-0.15, -0.1) is 0 Å². The van der Waals surface area contributed by atoms with Gasteiger partial charge in [-0.05, 0) is 46.1 Å². The largest absolute Gasteiger partial charge is 0.546 e. The maximum atomic E-state index is 12.3. The lowest BCUT2D eigenvalue weighted by atomic mass is 9.67. The average Bonchev–Trinajstić information content (AvgIpc) is 2.54. The summed E-state index contributed by atoms with van der Waals surface area (Å²) in [5.41, 5.74) is 0.187. The van der Waals surface area contributed by atoms with E-state index in [0.717, 1.165) is 5.56 Å². The van der Waals surface area contributed by atoms with Crippen LogP contribution in [0.25, 0.3) is 0 Å². The molecular formula is C19H24NO5-. The zero-order chi connectivity index (χ0) is 18.2. The number of ether oxygens (including phenoxy) is 2. The van der Waals surface area contributed by atoms with Crippen molar-refractivity contribution in [2.45, 2.75) is 57.2 Å². The normalized spacial score (nSPS) is 22.0. The third-order valence-electron chi connectivity index (χ3n) is 4.94. The summed E-state index contributed by atoms with van der Waals surface area (Å²) < 4.78 is 11.0. The van der Waals surface area contributed by atoms with E-state index < -0.39 is 17.7 Å². The Labute approximate surface area is 147 Å². The number of rotatable bonds is 1. The van der Waals surface area contributed by atoms with Crippen molar-refractivity contribution < 1.29 is 24.2 Å². The van der Waals surface area contributed by atoms with Crippen LogP contribution in [0.5, 0.6) is 5.75 Å². The summed E-state index contributed by atoms with van der Waals surface area (Å²) in [6.45, 7) is 6.59. The molecule has 6 nitrogen and oxygen atoms in total. The number of amides is 1. The lowest BCUT2D eigenvalue weighted by Gasteiger charge is -2.47. The van der Waals surface area contributed by atoms with Gasteiger partial charge in [-0.25, -0.2) is 4.79 Å². The first kappa shape index (κ1) is 17.6. The number of carboxylic acids is 1. The lowest BCUT2D eigenvalue weighted by Crippen LogP contribution is -2.53. The highest BCUT2D eigenvalue weighted by Crippen LogP contribution is 2.47. The number of carbonyl (C=O) groups excluding carboxylic acids is 2. The SMILES string of the molecule is CC(C)(C)OC(=O)N1CCC2(CC1)CC(C(=O)[O-])Oc1ccccc12. The van der Waals surface area contributed by atoms with Crippen molar-refractivity contribution in [2.75, 3.05) is 13.1 Å². The van der Waals surface area contributed by atoms with Crippen LogP contribution in [0.4, 0.5) is 4.79 Å². The van der Waals surface area contributed by atoms with Crippen LogP contribution in [0, 0.1) is 0 Å². The third kappa shape index (κ3) is 3.57. The summed E-state index contributed by atoms with van der Waals surface area (Å²) in [6.07, 6.45) is 0.448. The van der Waals surface area contributed by atoms with Gasteiger partial charge in [0.2, 0.25) is 0 Å². The Morgan fingerprint density at radius 2 is 1.88 bits per heavy atom. The first-order valence-corrected chi connectivity index (χ1v) is 8.65. The third-order valence-corrected chi connectivity index (χ3v) is 4.94. The van der Waals surface area contributed by atoms with Crippen LogP contribution >= 0.6 is 0 Å². The first-order valence-electron chi connectivity index (χ1n) is 8.65. The summed E-state index contributed by atoms with van der Waals surface area (Å²) in [5, 5.41) is 11.4. The Kier molecular flexibility index (Phi) is 4.39. The zero-order valence-corrected chi connectivity index (χ0v) is 14.9. The van der Waals surface area contributed by atoms with Gasteiger partial charge in [-0.1, -0.05) is 18.2 Å². The fraction of sp³-hybridized carbons (Fsp3) is 0.579. The number of hydrogen-bond donors (Lipinski definition) is 0. The molecule has 136 valence electrons. The Balaban J connectivity index is 1.79. The Morgan fingerprint density at radius 3 is 2.48 bits per heavy atom. The summed E-state index contributed by atoms with van der Waals surface area (Å²) in [5.74, 6) is -0.586. The molecule has 0 aromatic heterocycles. The number of fused-ring (bicyclic) bond motifs is 2. The minimum absolute atomic E-state index is 0.307. The molecule has 1 aromatic rings. The van der Waals surface area contributed by atoms with Crippen molar-refractivity contribution >= 4 is 12.1 Å². The van der Waals surface area contributed by atoms with Crippen molar-refractivity contribution in [3.05, 3.63) is 29.8 Å². The van der Waals surface area contributed by atoms with Gasteiger partial charge in [0.15, 0.2) is 0 Å². The lowest BCUT2D eigenvalue weighted by molar-refractivity contribution is -0.315. The smallest absolute Gasteiger partial charge is 0.410 e. The van der Waals surface area contributed by atoms with Gasteiger partial charge >= 0.3 is 6.09 Å². The van der Waals surface area contributed by atoms with Gasteiger partial charge in [0.25, 0.3) is 0 Å². The van der Waals surface area contributed by atoms with E-state index in [4.69, 9.17) is 9.47 Å². The van der Waals surface area contributed by atoms with Crippen LogP contribution in [-0.4, -0.2) is 41.8 Å². The van der Waals surface area contributed by atoms with E-state index in [1.165, 1.54) is 0 Å². The number of piperidine rings is 1. The quantitative estimate of drug-likeness (QED) is 0.775. The minimum Gasteiger partial charge on any atom is -0.546 e. The number of carbonyl (C=O) groups is 2. The molecular weight excluding hydrogens is 322 g/mol. The molecule has 0 saturated carbocycles. The van der Waals surface area contributed by atoms with Crippen LogP contribution < -0.4 is 9.84 Å². The highest BCUT2D eigenvalue weighted by molar-refractivity contribution is 5.72. The molecule has 2 aliphatic heterocycles. The second-order valence-electron chi connectivity index (χ2n) is 7.87. The standard InChI is InChI=1S/C19H25NO5/c1-18(2,3)25-17(23)20-10-8-19(9-11-20)12-15(16(21)22)24-14-7-5-4-6-13(14)19/h4-7,15H,8-12H2,1-3H3,(H,21,22)/p-1. The van der Waals surface area contributed by atoms with Crippen molar-refractivity contribution in [3.63, 3.8) is 0 Å². The molecule has 2 aliphatic rings. The van der Waals surface area contributed by atoms with E-state index in [1.54, 1.807) is 11.0 Å². The number of benzene rings is 1. The van der Waals surface area contributed by atoms with Gasteiger partial charge < -0.3 is 24.3 Å². The summed E-state index contributed by atoms with van der Waals surface area (Å²) in [6, 6.07) is 7.56. The van der Waals surface area contributed by atoms with Crippen LogP contribution in [0.3, 0.4) is 0 Å². The molecule has 0 bridgehead atoms. The van der Waals surface area contributed by atoms with Crippen molar-refractivity contribution in [1.29, 1.82) is 0 Å². The molecule has 0 N–H and O–H groups in total. The minimum atomic E-state index is -1.19. The molecule has 1 amide bonds. The Morgan fingerprint density at radius 1 is 1.24 bits per heavy atom. The number of aliphatic carboxylic acids is 1. The van der Waals surface area contributed by atoms with Crippen molar-refractivity contribution in [1.82, 2.24) is 4.90 Å². The van der Waals surface area contributed by atoms with E-state index in [9.17, 15) is 14.7 Å². The molecule has 2 heterocycles. The van der Waals surface area contributed by atoms with Crippen molar-refractivity contribution in [2.24, 2.45) is 0 Å². The second-order valence-corrected chi connectivity index (χ2v) is 7.87. The molecule has 0 radical (unpaired) electrons. The summed E-state index contributed by atoms with van der Waals surface area (Å²) >= 11 is 0. The molecule has 1 unspecified atom stereocenters. The van der Waals surface area contributed by atoms with E-state index in [0.29, 0.717) is 38.1 Å². The fourth-order valence-electron chi connectivity index (χ4n) is 3.72. The molecule has 25 heavy (non-hydrogen) atoms. The first-order chi connectivity index (χ1) is 11.7. The average molecular weight is 346 g/mol. The van der Waals surface area contributed by atoms with Gasteiger partial charge in [0.1, 0.15) is 17.5 Å². The van der Waals surface area contributed by atoms with Gasteiger partial charge in [-0.3, -0.25) is 0 Å². The Hall–Kier alpha value is -2.24. The molecule has 1 atom stereocenters. The number of hydrogen-bond acceptors (Lipinski definition) is 5. The van der Waals surface area contributed by atoms with Gasteiger partial charge in [-0.2, -0.15) is 0 Å². The predicted octanol–water partition coefficient (Wildman–Crippen LogP) is 1.86. The van der Waals surface area contributed by atoms with Gasteiger partial charge in [0, 0.05) is 24.1 Å². The monoisotopic (exact) mass is 346 g/mol. The topological polar surface area (TPSA) is 78.9 Å². The maximum absolute atomic E-state index is 12.3. The number of carboxylic acid groups (broad SMARTS) is 1. The molecule has 1 saturated heterocycles. The maximum Gasteiger partial charge on any atom is 0.410 e. The van der Waals surface area contributed by atoms with E-state index in [-0.39, 0.29) is 11.5 Å². The zero-order valence-electron chi connectivity index (χ0n) is 14.9. The molecule has 3 rings (SSSR count). The van der Waals surface area contributed by atoms with Crippen molar-refractivity contribution in [3.8, 4) is 5.75 Å². The predicted molar refractivity (Wildman–Crippen MR) is 89.2 cm³/mol. The molecule has 1 fully saturated rings. The molecule has 1 aromatic carbocycles. The number of likely N-dealkylation sites (tertiary alicyclic amines) is 1. The van der Waals surface area contributed by atoms with Crippen LogP contribution in [-0.2, 0) is 14.9 Å². The molecule has 6 heteroatoms. The highest BCUT2D eigenvalue weighted by atomic mass is 16.6. The fourth-order valence-corrected chi connectivity index (χ4v) is 3.72. The summed E-state index contributed by atoms with van der Waals surface area (Å²) in [4.78, 5) is 25.4. The van der Waals surface area contributed by atoms with Gasteiger partial charge in [0.05, 0.1) is 5.97 Å². The van der Waals surface area contributed by atoms with E-state index >= 15 is 0 Å². The van der Waals surface area contributed by atoms with E-state index in [2.05, 4.69) is 0 Å². The molecule has 1 spiro atoms.